The van der Waals surface area contributed by atoms with Gasteiger partial charge in [0.2, 0.25) is 0 Å². The Labute approximate surface area is 118 Å². The largest absolute Gasteiger partial charge is 0.313 e. The Bertz CT molecular complexity index is 372. The van der Waals surface area contributed by atoms with Crippen molar-refractivity contribution >= 4 is 0 Å². The molecule has 0 spiro atoms. The first-order valence-electron chi connectivity index (χ1n) is 8.07. The molecule has 1 aromatic carbocycles. The van der Waals surface area contributed by atoms with Crippen molar-refractivity contribution in [2.24, 2.45) is 11.8 Å². The molecule has 0 amide bonds. The fourth-order valence-electron chi connectivity index (χ4n) is 3.43. The predicted molar refractivity (Wildman–Crippen MR) is 83.3 cm³/mol. The van der Waals surface area contributed by atoms with E-state index in [0.29, 0.717) is 0 Å². The van der Waals surface area contributed by atoms with E-state index in [-0.39, 0.29) is 0 Å². The molecule has 0 bridgehead atoms. The highest BCUT2D eigenvalue weighted by atomic mass is 14.8. The molecule has 0 aliphatic heterocycles. The Balaban J connectivity index is 1.69. The van der Waals surface area contributed by atoms with Gasteiger partial charge in [0.1, 0.15) is 0 Å². The summed E-state index contributed by atoms with van der Waals surface area (Å²) in [5.74, 6) is 1.93. The van der Waals surface area contributed by atoms with Gasteiger partial charge in [0.25, 0.3) is 0 Å². The second-order valence-electron chi connectivity index (χ2n) is 6.23. The summed E-state index contributed by atoms with van der Waals surface area (Å²) in [6.45, 7) is 6.86. The van der Waals surface area contributed by atoms with Crippen molar-refractivity contribution in [1.82, 2.24) is 5.32 Å². The van der Waals surface area contributed by atoms with Gasteiger partial charge in [0.15, 0.2) is 0 Å². The van der Waals surface area contributed by atoms with Crippen molar-refractivity contribution in [2.45, 2.75) is 58.9 Å². The van der Waals surface area contributed by atoms with Gasteiger partial charge in [0.05, 0.1) is 0 Å². The quantitative estimate of drug-likeness (QED) is 0.739. The van der Waals surface area contributed by atoms with E-state index in [2.05, 4.69) is 43.4 Å². The van der Waals surface area contributed by atoms with Gasteiger partial charge in [-0.2, -0.15) is 0 Å². The first-order valence-corrected chi connectivity index (χ1v) is 8.07. The molecule has 1 N–H and O–H groups in total. The lowest BCUT2D eigenvalue weighted by atomic mass is 9.81. The Hall–Kier alpha value is -0.820. The van der Waals surface area contributed by atoms with Crippen LogP contribution in [0.15, 0.2) is 24.3 Å². The van der Waals surface area contributed by atoms with Crippen LogP contribution >= 0.6 is 0 Å². The number of hydrogen-bond donors (Lipinski definition) is 1. The van der Waals surface area contributed by atoms with Crippen molar-refractivity contribution in [2.75, 3.05) is 6.54 Å². The lowest BCUT2D eigenvalue weighted by molar-refractivity contribution is 0.267. The third-order valence-corrected chi connectivity index (χ3v) is 4.59. The summed E-state index contributed by atoms with van der Waals surface area (Å²) in [5, 5.41) is 3.64. The molecule has 1 saturated carbocycles. The van der Waals surface area contributed by atoms with Gasteiger partial charge in [-0.3, -0.25) is 0 Å². The minimum absolute atomic E-state index is 0.958. The third kappa shape index (κ3) is 4.65. The lowest BCUT2D eigenvalue weighted by Gasteiger charge is -2.26. The molecule has 1 aromatic rings. The topological polar surface area (TPSA) is 12.0 Å². The van der Waals surface area contributed by atoms with Crippen LogP contribution in [0, 0.1) is 11.8 Å². The molecule has 1 heteroatoms. The number of nitrogens with one attached hydrogen (secondary N) is 1. The zero-order chi connectivity index (χ0) is 13.5. The Morgan fingerprint density at radius 2 is 1.95 bits per heavy atom. The molecule has 2 unspecified atom stereocenters. The number of benzene rings is 1. The zero-order valence-electron chi connectivity index (χ0n) is 12.6. The van der Waals surface area contributed by atoms with Crippen molar-refractivity contribution in [1.29, 1.82) is 0 Å². The van der Waals surface area contributed by atoms with Crippen molar-refractivity contribution in [3.05, 3.63) is 35.4 Å². The van der Waals surface area contributed by atoms with Crippen molar-refractivity contribution in [3.8, 4) is 0 Å². The number of rotatable bonds is 6. The summed E-state index contributed by atoms with van der Waals surface area (Å²) >= 11 is 0. The first kappa shape index (κ1) is 14.6. The van der Waals surface area contributed by atoms with Crippen molar-refractivity contribution < 1.29 is 0 Å². The van der Waals surface area contributed by atoms with Crippen LogP contribution in [0.1, 0.15) is 57.1 Å². The SMILES string of the molecule is CCc1ccccc1CNCCC1CCCC(C)C1. The van der Waals surface area contributed by atoms with Gasteiger partial charge in [-0.15, -0.1) is 0 Å². The van der Waals surface area contributed by atoms with E-state index in [1.54, 1.807) is 0 Å². The molecule has 106 valence electrons. The Morgan fingerprint density at radius 1 is 1.16 bits per heavy atom. The van der Waals surface area contributed by atoms with Crippen LogP contribution in [-0.2, 0) is 13.0 Å². The molecule has 0 aromatic heterocycles. The molecule has 1 aliphatic rings. The molecule has 0 saturated heterocycles. The van der Waals surface area contributed by atoms with Gasteiger partial charge < -0.3 is 5.32 Å². The smallest absolute Gasteiger partial charge is 0.0208 e. The van der Waals surface area contributed by atoms with Gasteiger partial charge in [-0.25, -0.2) is 0 Å². The Morgan fingerprint density at radius 3 is 2.68 bits per heavy atom. The van der Waals surface area contributed by atoms with E-state index in [1.165, 1.54) is 49.8 Å². The van der Waals surface area contributed by atoms with Crippen LogP contribution in [0.3, 0.4) is 0 Å². The molecular weight excluding hydrogens is 230 g/mol. The fraction of sp³-hybridized carbons (Fsp3) is 0.667. The van der Waals surface area contributed by atoms with Gasteiger partial charge in [-0.05, 0) is 48.8 Å². The fourth-order valence-corrected chi connectivity index (χ4v) is 3.43. The van der Waals surface area contributed by atoms with E-state index in [4.69, 9.17) is 0 Å². The monoisotopic (exact) mass is 259 g/mol. The summed E-state index contributed by atoms with van der Waals surface area (Å²) in [5.41, 5.74) is 2.96. The lowest BCUT2D eigenvalue weighted by Crippen LogP contribution is -2.21. The van der Waals surface area contributed by atoms with Crippen LogP contribution < -0.4 is 5.32 Å². The maximum Gasteiger partial charge on any atom is 0.0208 e. The van der Waals surface area contributed by atoms with Crippen LogP contribution in [0.25, 0.3) is 0 Å². The normalized spacial score (nSPS) is 23.5. The molecule has 1 aliphatic carbocycles. The second kappa shape index (κ2) is 7.69. The van der Waals surface area contributed by atoms with Crippen LogP contribution in [-0.4, -0.2) is 6.54 Å². The van der Waals surface area contributed by atoms with Crippen LogP contribution in [0.5, 0.6) is 0 Å². The average Bonchev–Trinajstić information content (AvgIpc) is 2.44. The van der Waals surface area contributed by atoms with Crippen LogP contribution in [0.2, 0.25) is 0 Å². The molecule has 0 radical (unpaired) electrons. The van der Waals surface area contributed by atoms with E-state index in [1.807, 2.05) is 0 Å². The maximum absolute atomic E-state index is 3.64. The predicted octanol–water partition coefficient (Wildman–Crippen LogP) is 4.56. The van der Waals surface area contributed by atoms with E-state index >= 15 is 0 Å². The number of hydrogen-bond acceptors (Lipinski definition) is 1. The van der Waals surface area contributed by atoms with Gasteiger partial charge in [0, 0.05) is 6.54 Å². The van der Waals surface area contributed by atoms with Gasteiger partial charge in [-0.1, -0.05) is 57.4 Å². The standard InChI is InChI=1S/C18H29N/c1-3-17-9-4-5-10-18(17)14-19-12-11-16-8-6-7-15(2)13-16/h4-5,9-10,15-16,19H,3,6-8,11-14H2,1-2H3. The highest BCUT2D eigenvalue weighted by Gasteiger charge is 2.18. The highest BCUT2D eigenvalue weighted by molar-refractivity contribution is 5.26. The van der Waals surface area contributed by atoms with Crippen molar-refractivity contribution in [3.63, 3.8) is 0 Å². The minimum Gasteiger partial charge on any atom is -0.313 e. The zero-order valence-corrected chi connectivity index (χ0v) is 12.6. The Kier molecular flexibility index (Phi) is 5.91. The maximum atomic E-state index is 3.64. The summed E-state index contributed by atoms with van der Waals surface area (Å²) in [7, 11) is 0. The molecule has 2 atom stereocenters. The van der Waals surface area contributed by atoms with Gasteiger partial charge >= 0.3 is 0 Å². The third-order valence-electron chi connectivity index (χ3n) is 4.59. The van der Waals surface area contributed by atoms with E-state index in [0.717, 1.165) is 24.8 Å². The van der Waals surface area contributed by atoms with E-state index < -0.39 is 0 Å². The van der Waals surface area contributed by atoms with E-state index in [9.17, 15) is 0 Å². The van der Waals surface area contributed by atoms with Crippen LogP contribution in [0.4, 0.5) is 0 Å². The molecule has 19 heavy (non-hydrogen) atoms. The summed E-state index contributed by atoms with van der Waals surface area (Å²) in [6.07, 6.45) is 8.31. The molecule has 1 nitrogen and oxygen atoms in total. The molecule has 2 rings (SSSR count). The number of aryl methyl sites for hydroxylation is 1. The molecule has 1 fully saturated rings. The summed E-state index contributed by atoms with van der Waals surface area (Å²) in [6, 6.07) is 8.80. The highest BCUT2D eigenvalue weighted by Crippen LogP contribution is 2.30. The minimum atomic E-state index is 0.958. The average molecular weight is 259 g/mol. The molecular formula is C18H29N. The second-order valence-corrected chi connectivity index (χ2v) is 6.23. The summed E-state index contributed by atoms with van der Waals surface area (Å²) < 4.78 is 0. The summed E-state index contributed by atoms with van der Waals surface area (Å²) in [4.78, 5) is 0. The first-order chi connectivity index (χ1) is 9.29. The molecule has 0 heterocycles.